The number of aromatic nitrogens is 1. The fraction of sp³-hybridized carbons (Fsp3) is 0.0769. The number of carbonyl (C=O) groups excluding carboxylic acids is 1. The number of hydrogen-bond acceptors (Lipinski definition) is 5. The summed E-state index contributed by atoms with van der Waals surface area (Å²) in [5, 5.41) is 15.8. The van der Waals surface area contributed by atoms with Crippen LogP contribution in [-0.4, -0.2) is 15.8 Å². The van der Waals surface area contributed by atoms with E-state index in [1.807, 2.05) is 12.3 Å². The van der Waals surface area contributed by atoms with Crippen molar-refractivity contribution in [3.05, 3.63) is 56.0 Å². The van der Waals surface area contributed by atoms with Crippen LogP contribution < -0.4 is 5.32 Å². The van der Waals surface area contributed by atoms with Gasteiger partial charge in [-0.2, -0.15) is 0 Å². The summed E-state index contributed by atoms with van der Waals surface area (Å²) in [6.45, 7) is 1.83. The lowest BCUT2D eigenvalue weighted by atomic mass is 10.2. The Morgan fingerprint density at radius 3 is 2.90 bits per heavy atom. The summed E-state index contributed by atoms with van der Waals surface area (Å²) in [6, 6.07) is 4.31. The predicted octanol–water partition coefficient (Wildman–Crippen LogP) is 3.67. The van der Waals surface area contributed by atoms with Crippen LogP contribution in [0.2, 0.25) is 5.02 Å². The standard InChI is InChI=1S/C13H10ClN3O3S/c1-8-7-21-13(15-8)16-12(18)5-3-9-2-4-10(14)11(6-9)17(19)20/h2-7H,1H3,(H,15,16,18)/b5-3+. The highest BCUT2D eigenvalue weighted by Gasteiger charge is 2.11. The molecule has 0 bridgehead atoms. The molecule has 0 spiro atoms. The van der Waals surface area contributed by atoms with Crippen LogP contribution in [0.15, 0.2) is 29.7 Å². The number of nitro benzene ring substituents is 1. The molecule has 0 fully saturated rings. The summed E-state index contributed by atoms with van der Waals surface area (Å²) in [4.78, 5) is 26.0. The molecule has 0 radical (unpaired) electrons. The third-order valence-corrected chi connectivity index (χ3v) is 3.64. The number of nitrogens with one attached hydrogen (secondary N) is 1. The van der Waals surface area contributed by atoms with Gasteiger partial charge in [0.25, 0.3) is 5.69 Å². The number of anilines is 1. The van der Waals surface area contributed by atoms with E-state index in [-0.39, 0.29) is 16.6 Å². The van der Waals surface area contributed by atoms with Crippen molar-refractivity contribution in [3.8, 4) is 0 Å². The molecule has 0 aliphatic rings. The minimum absolute atomic E-state index is 0.0554. The van der Waals surface area contributed by atoms with Crippen LogP contribution in [0, 0.1) is 17.0 Å². The first-order valence-corrected chi connectivity index (χ1v) is 7.06. The van der Waals surface area contributed by atoms with Crippen molar-refractivity contribution in [1.82, 2.24) is 4.98 Å². The van der Waals surface area contributed by atoms with Gasteiger partial charge in [-0.15, -0.1) is 11.3 Å². The second-order valence-electron chi connectivity index (χ2n) is 4.08. The predicted molar refractivity (Wildman–Crippen MR) is 82.6 cm³/mol. The summed E-state index contributed by atoms with van der Waals surface area (Å²) in [7, 11) is 0. The molecule has 8 heteroatoms. The van der Waals surface area contributed by atoms with E-state index in [2.05, 4.69) is 10.3 Å². The number of benzene rings is 1. The SMILES string of the molecule is Cc1csc(NC(=O)/C=C/c2ccc(Cl)c([N+](=O)[O-])c2)n1. The minimum Gasteiger partial charge on any atom is -0.298 e. The topological polar surface area (TPSA) is 85.1 Å². The highest BCUT2D eigenvalue weighted by atomic mass is 35.5. The van der Waals surface area contributed by atoms with Crippen molar-refractivity contribution in [2.75, 3.05) is 5.32 Å². The molecule has 1 N–H and O–H groups in total. The largest absolute Gasteiger partial charge is 0.298 e. The Kier molecular flexibility index (Phi) is 4.66. The fourth-order valence-electron chi connectivity index (χ4n) is 1.50. The normalized spacial score (nSPS) is 10.8. The quantitative estimate of drug-likeness (QED) is 0.528. The van der Waals surface area contributed by atoms with Crippen LogP contribution in [0.1, 0.15) is 11.3 Å². The molecule has 1 aromatic heterocycles. The summed E-state index contributed by atoms with van der Waals surface area (Å²) in [5.41, 5.74) is 1.14. The molecule has 0 saturated carbocycles. The molecule has 0 aliphatic carbocycles. The van der Waals surface area contributed by atoms with Crippen LogP contribution in [0.5, 0.6) is 0 Å². The first kappa shape index (κ1) is 15.1. The third-order valence-electron chi connectivity index (χ3n) is 2.44. The highest BCUT2D eigenvalue weighted by molar-refractivity contribution is 7.13. The zero-order chi connectivity index (χ0) is 15.4. The number of nitro groups is 1. The van der Waals surface area contributed by atoms with E-state index in [1.54, 1.807) is 6.07 Å². The Hall–Kier alpha value is -2.25. The Labute approximate surface area is 129 Å². The summed E-state index contributed by atoms with van der Waals surface area (Å²) in [5.74, 6) is -0.359. The van der Waals surface area contributed by atoms with Gasteiger partial charge in [0.2, 0.25) is 5.91 Å². The molecular weight excluding hydrogens is 314 g/mol. The highest BCUT2D eigenvalue weighted by Crippen LogP contribution is 2.25. The molecular formula is C13H10ClN3O3S. The van der Waals surface area contributed by atoms with E-state index < -0.39 is 4.92 Å². The zero-order valence-electron chi connectivity index (χ0n) is 10.9. The molecule has 1 heterocycles. The number of rotatable bonds is 4. The van der Waals surface area contributed by atoms with E-state index in [0.717, 1.165) is 5.69 Å². The Morgan fingerprint density at radius 2 is 2.29 bits per heavy atom. The van der Waals surface area contributed by atoms with E-state index in [1.165, 1.54) is 35.6 Å². The monoisotopic (exact) mass is 323 g/mol. The summed E-state index contributed by atoms with van der Waals surface area (Å²) in [6.07, 6.45) is 2.75. The average Bonchev–Trinajstić information content (AvgIpc) is 2.82. The van der Waals surface area contributed by atoms with Crippen molar-refractivity contribution in [2.45, 2.75) is 6.92 Å². The molecule has 6 nitrogen and oxygen atoms in total. The third kappa shape index (κ3) is 4.11. The van der Waals surface area contributed by atoms with E-state index in [9.17, 15) is 14.9 Å². The van der Waals surface area contributed by atoms with Crippen LogP contribution in [0.3, 0.4) is 0 Å². The summed E-state index contributed by atoms with van der Waals surface area (Å²) < 4.78 is 0. The van der Waals surface area contributed by atoms with Gasteiger partial charge < -0.3 is 0 Å². The van der Waals surface area contributed by atoms with Crippen LogP contribution in [0.25, 0.3) is 6.08 Å². The maximum absolute atomic E-state index is 11.7. The number of carbonyl (C=O) groups is 1. The zero-order valence-corrected chi connectivity index (χ0v) is 12.4. The fourth-order valence-corrected chi connectivity index (χ4v) is 2.38. The molecule has 0 unspecified atom stereocenters. The van der Waals surface area contributed by atoms with Gasteiger partial charge in [0, 0.05) is 17.5 Å². The number of hydrogen-bond donors (Lipinski definition) is 1. The maximum Gasteiger partial charge on any atom is 0.288 e. The molecule has 0 aliphatic heterocycles. The van der Waals surface area contributed by atoms with E-state index in [0.29, 0.717) is 10.7 Å². The lowest BCUT2D eigenvalue weighted by molar-refractivity contribution is -0.384. The van der Waals surface area contributed by atoms with Crippen LogP contribution >= 0.6 is 22.9 Å². The van der Waals surface area contributed by atoms with Gasteiger partial charge in [0.15, 0.2) is 5.13 Å². The van der Waals surface area contributed by atoms with Crippen LogP contribution in [-0.2, 0) is 4.79 Å². The first-order chi connectivity index (χ1) is 9.95. The number of halogens is 1. The van der Waals surface area contributed by atoms with Crippen molar-refractivity contribution in [2.24, 2.45) is 0 Å². The Bertz CT molecular complexity index is 727. The smallest absolute Gasteiger partial charge is 0.288 e. The van der Waals surface area contributed by atoms with Gasteiger partial charge in [-0.25, -0.2) is 4.98 Å². The number of aryl methyl sites for hydroxylation is 1. The summed E-state index contributed by atoms with van der Waals surface area (Å²) >= 11 is 7.04. The maximum atomic E-state index is 11.7. The second kappa shape index (κ2) is 6.47. The van der Waals surface area contributed by atoms with Gasteiger partial charge >= 0.3 is 0 Å². The average molecular weight is 324 g/mol. The molecule has 108 valence electrons. The minimum atomic E-state index is -0.571. The van der Waals surface area contributed by atoms with Crippen molar-refractivity contribution >= 4 is 45.7 Å². The van der Waals surface area contributed by atoms with E-state index >= 15 is 0 Å². The van der Waals surface area contributed by atoms with Gasteiger partial charge in [-0.1, -0.05) is 17.7 Å². The number of amides is 1. The van der Waals surface area contributed by atoms with Gasteiger partial charge in [-0.3, -0.25) is 20.2 Å². The molecule has 21 heavy (non-hydrogen) atoms. The molecule has 0 atom stereocenters. The molecule has 2 rings (SSSR count). The van der Waals surface area contributed by atoms with Gasteiger partial charge in [0.05, 0.1) is 10.6 Å². The lowest BCUT2D eigenvalue weighted by Crippen LogP contribution is -2.07. The van der Waals surface area contributed by atoms with E-state index in [4.69, 9.17) is 11.6 Å². The second-order valence-corrected chi connectivity index (χ2v) is 5.35. The first-order valence-electron chi connectivity index (χ1n) is 5.81. The molecule has 2 aromatic rings. The molecule has 1 amide bonds. The number of nitrogens with zero attached hydrogens (tertiary/aromatic N) is 2. The number of thiazole rings is 1. The van der Waals surface area contributed by atoms with Gasteiger partial charge in [0.1, 0.15) is 5.02 Å². The van der Waals surface area contributed by atoms with Crippen molar-refractivity contribution in [3.63, 3.8) is 0 Å². The Balaban J connectivity index is 2.08. The lowest BCUT2D eigenvalue weighted by Gasteiger charge is -1.98. The molecule has 0 saturated heterocycles. The van der Waals surface area contributed by atoms with Crippen molar-refractivity contribution in [1.29, 1.82) is 0 Å². The van der Waals surface area contributed by atoms with Crippen molar-refractivity contribution < 1.29 is 9.72 Å². The van der Waals surface area contributed by atoms with Gasteiger partial charge in [-0.05, 0) is 24.6 Å². The molecule has 1 aromatic carbocycles. The Morgan fingerprint density at radius 1 is 1.52 bits per heavy atom. The van der Waals surface area contributed by atoms with Crippen LogP contribution in [0.4, 0.5) is 10.8 Å².